The van der Waals surface area contributed by atoms with Crippen molar-refractivity contribution in [1.29, 1.82) is 0 Å². The van der Waals surface area contributed by atoms with Gasteiger partial charge in [-0.2, -0.15) is 0 Å². The van der Waals surface area contributed by atoms with Gasteiger partial charge in [0, 0.05) is 26.1 Å². The number of rotatable bonds is 11. The summed E-state index contributed by atoms with van der Waals surface area (Å²) < 4.78 is 11.4. The van der Waals surface area contributed by atoms with Crippen molar-refractivity contribution in [3.63, 3.8) is 0 Å². The van der Waals surface area contributed by atoms with E-state index in [1.54, 1.807) is 0 Å². The van der Waals surface area contributed by atoms with Crippen LogP contribution in [0.3, 0.4) is 0 Å². The first-order valence-corrected chi connectivity index (χ1v) is 11.5. The van der Waals surface area contributed by atoms with Crippen molar-refractivity contribution in [2.24, 2.45) is 0 Å². The van der Waals surface area contributed by atoms with E-state index in [1.807, 2.05) is 4.90 Å². The first kappa shape index (κ1) is 21.6. The summed E-state index contributed by atoms with van der Waals surface area (Å²) in [5.41, 5.74) is 2.46. The van der Waals surface area contributed by atoms with Crippen LogP contribution in [0, 0.1) is 0 Å². The van der Waals surface area contributed by atoms with Crippen LogP contribution in [0.15, 0.2) is 24.3 Å². The molecule has 148 valence electrons. The van der Waals surface area contributed by atoms with Gasteiger partial charge in [0.25, 0.3) is 0 Å². The van der Waals surface area contributed by atoms with Gasteiger partial charge in [0.05, 0.1) is 0 Å². The van der Waals surface area contributed by atoms with E-state index in [1.165, 1.54) is 50.5 Å². The molecule has 0 aliphatic carbocycles. The second-order valence-electron chi connectivity index (χ2n) is 7.67. The standard InChI is InChI=1S/C20H34NO4P/c1-2-3-4-5-6-7-8-9-18-10-12-19(13-11-18)16-21-15-14-20(22,17-21)26(23,24)25/h10-13,22H,2-9,14-17H2,1H3,(H2,23,24,25). The van der Waals surface area contributed by atoms with Crippen molar-refractivity contribution in [1.82, 2.24) is 4.90 Å². The minimum absolute atomic E-state index is 0.0249. The van der Waals surface area contributed by atoms with Gasteiger partial charge in [-0.15, -0.1) is 0 Å². The fourth-order valence-corrected chi connectivity index (χ4v) is 4.36. The minimum Gasteiger partial charge on any atom is -0.376 e. The molecule has 0 bridgehead atoms. The fourth-order valence-electron chi connectivity index (χ4n) is 3.58. The number of likely N-dealkylation sites (tertiary alicyclic amines) is 1. The predicted molar refractivity (Wildman–Crippen MR) is 105 cm³/mol. The topological polar surface area (TPSA) is 81.0 Å². The minimum atomic E-state index is -4.49. The lowest BCUT2D eigenvalue weighted by Gasteiger charge is -2.24. The van der Waals surface area contributed by atoms with E-state index in [0.29, 0.717) is 13.1 Å². The molecule has 0 amide bonds. The van der Waals surface area contributed by atoms with Crippen molar-refractivity contribution < 1.29 is 19.5 Å². The molecule has 6 heteroatoms. The normalized spacial score (nSPS) is 21.4. The molecule has 0 radical (unpaired) electrons. The second-order valence-corrected chi connectivity index (χ2v) is 9.60. The number of β-amino-alcohol motifs (C(OH)–C–C–N with tert-alkyl or cyclic N) is 1. The largest absolute Gasteiger partial charge is 0.376 e. The number of unbranched alkanes of at least 4 members (excludes halogenated alkanes) is 6. The van der Waals surface area contributed by atoms with Crippen LogP contribution in [0.1, 0.15) is 69.4 Å². The number of aryl methyl sites for hydroxylation is 1. The highest BCUT2D eigenvalue weighted by atomic mass is 31.2. The number of hydrogen-bond donors (Lipinski definition) is 3. The lowest BCUT2D eigenvalue weighted by Crippen LogP contribution is -2.32. The van der Waals surface area contributed by atoms with E-state index >= 15 is 0 Å². The van der Waals surface area contributed by atoms with E-state index in [9.17, 15) is 19.5 Å². The molecule has 0 aromatic heterocycles. The Kier molecular flexibility index (Phi) is 8.31. The van der Waals surface area contributed by atoms with Crippen LogP contribution in [0.25, 0.3) is 0 Å². The first-order valence-electron chi connectivity index (χ1n) is 9.92. The third-order valence-electron chi connectivity index (χ3n) is 5.35. The Labute approximate surface area is 157 Å². The van der Waals surface area contributed by atoms with Gasteiger partial charge >= 0.3 is 7.60 Å². The number of aliphatic hydroxyl groups is 1. The number of nitrogens with zero attached hydrogens (tertiary/aromatic N) is 1. The molecule has 1 aliphatic heterocycles. The van der Waals surface area contributed by atoms with Gasteiger partial charge in [0.1, 0.15) is 0 Å². The van der Waals surface area contributed by atoms with E-state index in [4.69, 9.17) is 0 Å². The number of benzene rings is 1. The molecule has 1 aromatic carbocycles. The summed E-state index contributed by atoms with van der Waals surface area (Å²) in [6.45, 7) is 3.38. The van der Waals surface area contributed by atoms with E-state index in [0.717, 1.165) is 12.0 Å². The van der Waals surface area contributed by atoms with Crippen LogP contribution in [-0.4, -0.2) is 38.2 Å². The highest BCUT2D eigenvalue weighted by Crippen LogP contribution is 2.53. The molecule has 1 unspecified atom stereocenters. The third kappa shape index (κ3) is 6.47. The van der Waals surface area contributed by atoms with Crippen molar-refractivity contribution in [3.05, 3.63) is 35.4 Å². The quantitative estimate of drug-likeness (QED) is 0.397. The Morgan fingerprint density at radius 1 is 1.00 bits per heavy atom. The summed E-state index contributed by atoms with van der Waals surface area (Å²) in [6.07, 6.45) is 10.4. The molecular formula is C20H34NO4P. The molecule has 0 spiro atoms. The molecule has 0 saturated carbocycles. The lowest BCUT2D eigenvalue weighted by molar-refractivity contribution is 0.0962. The lowest BCUT2D eigenvalue weighted by atomic mass is 10.0. The predicted octanol–water partition coefficient (Wildman–Crippen LogP) is 4.05. The van der Waals surface area contributed by atoms with Crippen LogP contribution in [-0.2, 0) is 17.5 Å². The van der Waals surface area contributed by atoms with Crippen LogP contribution in [0.2, 0.25) is 0 Å². The van der Waals surface area contributed by atoms with Gasteiger partial charge in [-0.25, -0.2) is 0 Å². The maximum absolute atomic E-state index is 11.4. The van der Waals surface area contributed by atoms with Crippen LogP contribution in [0.4, 0.5) is 0 Å². The molecule has 2 rings (SSSR count). The van der Waals surface area contributed by atoms with Gasteiger partial charge in [-0.3, -0.25) is 9.46 Å². The molecule has 5 nitrogen and oxygen atoms in total. The second kappa shape index (κ2) is 10.0. The summed E-state index contributed by atoms with van der Waals surface area (Å²) in [7, 11) is -4.49. The molecular weight excluding hydrogens is 349 g/mol. The van der Waals surface area contributed by atoms with Gasteiger partial charge in [-0.05, 0) is 24.0 Å². The SMILES string of the molecule is CCCCCCCCCc1ccc(CN2CCC(O)(P(=O)(O)O)C2)cc1. The molecule has 3 N–H and O–H groups in total. The van der Waals surface area contributed by atoms with Gasteiger partial charge in [0.2, 0.25) is 0 Å². The molecule has 1 fully saturated rings. The molecule has 26 heavy (non-hydrogen) atoms. The zero-order valence-corrected chi connectivity index (χ0v) is 16.8. The van der Waals surface area contributed by atoms with Crippen molar-refractivity contribution in [2.45, 2.75) is 76.6 Å². The first-order chi connectivity index (χ1) is 12.3. The Hall–Kier alpha value is -0.710. The summed E-state index contributed by atoms with van der Waals surface area (Å²) in [5.74, 6) is 0. The fraction of sp³-hybridized carbons (Fsp3) is 0.700. The van der Waals surface area contributed by atoms with Crippen LogP contribution < -0.4 is 0 Å². The smallest absolute Gasteiger partial charge is 0.358 e. The summed E-state index contributed by atoms with van der Waals surface area (Å²) >= 11 is 0. The average molecular weight is 383 g/mol. The van der Waals surface area contributed by atoms with Crippen LogP contribution in [0.5, 0.6) is 0 Å². The average Bonchev–Trinajstić information content (AvgIpc) is 2.98. The molecule has 1 aliphatic rings. The Balaban J connectivity index is 1.70. The van der Waals surface area contributed by atoms with E-state index in [2.05, 4.69) is 31.2 Å². The van der Waals surface area contributed by atoms with Gasteiger partial charge in [-0.1, -0.05) is 69.7 Å². The molecule has 1 heterocycles. The Morgan fingerprint density at radius 2 is 1.58 bits per heavy atom. The Bertz CT molecular complexity index is 586. The van der Waals surface area contributed by atoms with Crippen LogP contribution >= 0.6 is 7.60 Å². The summed E-state index contributed by atoms with van der Waals surface area (Å²) in [5, 5.41) is 8.22. The molecule has 1 aromatic rings. The van der Waals surface area contributed by atoms with E-state index in [-0.39, 0.29) is 13.0 Å². The zero-order valence-electron chi connectivity index (χ0n) is 15.9. The summed E-state index contributed by atoms with van der Waals surface area (Å²) in [6, 6.07) is 8.48. The van der Waals surface area contributed by atoms with Crippen molar-refractivity contribution in [3.8, 4) is 0 Å². The van der Waals surface area contributed by atoms with E-state index < -0.39 is 12.9 Å². The molecule has 1 atom stereocenters. The Morgan fingerprint density at radius 3 is 2.15 bits per heavy atom. The monoisotopic (exact) mass is 383 g/mol. The highest BCUT2D eigenvalue weighted by Gasteiger charge is 2.49. The van der Waals surface area contributed by atoms with Gasteiger partial charge in [0.15, 0.2) is 5.34 Å². The summed E-state index contributed by atoms with van der Waals surface area (Å²) in [4.78, 5) is 20.5. The maximum Gasteiger partial charge on any atom is 0.358 e. The number of hydrogen-bond acceptors (Lipinski definition) is 3. The van der Waals surface area contributed by atoms with Gasteiger partial charge < -0.3 is 14.9 Å². The highest BCUT2D eigenvalue weighted by molar-refractivity contribution is 7.53. The maximum atomic E-state index is 11.4. The van der Waals surface area contributed by atoms with Crippen molar-refractivity contribution >= 4 is 7.60 Å². The molecule has 1 saturated heterocycles. The zero-order chi connectivity index (χ0) is 19.0. The van der Waals surface area contributed by atoms with Crippen molar-refractivity contribution in [2.75, 3.05) is 13.1 Å². The third-order valence-corrected chi connectivity index (χ3v) is 6.80.